The fourth-order valence-corrected chi connectivity index (χ4v) is 5.95. The zero-order chi connectivity index (χ0) is 30.9. The number of fused-ring (bicyclic) bond motifs is 3. The van der Waals surface area contributed by atoms with E-state index < -0.39 is 11.4 Å². The lowest BCUT2D eigenvalue weighted by atomic mass is 9.82. The summed E-state index contributed by atoms with van der Waals surface area (Å²) in [4.78, 5) is 25.9. The van der Waals surface area contributed by atoms with E-state index in [4.69, 9.17) is 18.9 Å². The Labute approximate surface area is 258 Å². The summed E-state index contributed by atoms with van der Waals surface area (Å²) >= 11 is 0. The van der Waals surface area contributed by atoms with E-state index in [0.29, 0.717) is 35.0 Å². The number of carbonyl (C=O) groups excluding carboxylic acids is 2. The first kappa shape index (κ1) is 29.6. The highest BCUT2D eigenvalue weighted by atomic mass is 16.5. The van der Waals surface area contributed by atoms with Gasteiger partial charge < -0.3 is 18.9 Å². The topological polar surface area (TPSA) is 71.1 Å². The number of ether oxygens (including phenoxy) is 4. The number of hydrogen-bond acceptors (Lipinski definition) is 6. The molecule has 0 unspecified atom stereocenters. The van der Waals surface area contributed by atoms with Crippen LogP contribution in [0.25, 0.3) is 11.1 Å². The lowest BCUT2D eigenvalue weighted by molar-refractivity contribution is -0.133. The predicted octanol–water partition coefficient (Wildman–Crippen LogP) is 8.19. The zero-order valence-corrected chi connectivity index (χ0v) is 25.8. The molecule has 1 aliphatic heterocycles. The monoisotopic (exact) mass is 590 g/mol. The summed E-state index contributed by atoms with van der Waals surface area (Å²) in [6.07, 6.45) is 3.04. The molecule has 2 aliphatic rings. The van der Waals surface area contributed by atoms with Gasteiger partial charge in [-0.1, -0.05) is 58.4 Å². The Morgan fingerprint density at radius 3 is 1.66 bits per heavy atom. The molecule has 44 heavy (non-hydrogen) atoms. The molecule has 1 saturated heterocycles. The van der Waals surface area contributed by atoms with Crippen molar-refractivity contribution in [1.82, 2.24) is 0 Å². The predicted molar refractivity (Wildman–Crippen MR) is 170 cm³/mol. The maximum atomic E-state index is 13.0. The van der Waals surface area contributed by atoms with Gasteiger partial charge in [-0.3, -0.25) is 0 Å². The zero-order valence-electron chi connectivity index (χ0n) is 25.8. The highest BCUT2D eigenvalue weighted by molar-refractivity contribution is 5.92. The van der Waals surface area contributed by atoms with Crippen molar-refractivity contribution in [2.45, 2.75) is 52.4 Å². The van der Waals surface area contributed by atoms with Crippen LogP contribution in [0.5, 0.6) is 17.2 Å². The normalized spacial score (nSPS) is 15.5. The second-order valence-electron chi connectivity index (χ2n) is 12.4. The molecule has 0 N–H and O–H groups in total. The van der Waals surface area contributed by atoms with Gasteiger partial charge >= 0.3 is 11.9 Å². The molecule has 0 radical (unpaired) electrons. The molecule has 4 aromatic carbocycles. The molecular formula is C38H38O6. The number of aryl methyl sites for hydroxylation is 1. The van der Waals surface area contributed by atoms with Crippen LogP contribution in [0.1, 0.15) is 77.9 Å². The molecule has 0 bridgehead atoms. The maximum absolute atomic E-state index is 13.0. The van der Waals surface area contributed by atoms with Crippen LogP contribution in [0.2, 0.25) is 0 Å². The van der Waals surface area contributed by atoms with E-state index >= 15 is 0 Å². The number of hydrogen-bond donors (Lipinski definition) is 0. The van der Waals surface area contributed by atoms with Crippen molar-refractivity contribution in [3.63, 3.8) is 0 Å². The minimum atomic E-state index is -0.431. The summed E-state index contributed by atoms with van der Waals surface area (Å²) in [7, 11) is 0. The van der Waals surface area contributed by atoms with Gasteiger partial charge in [-0.2, -0.15) is 0 Å². The fourth-order valence-electron chi connectivity index (χ4n) is 5.95. The van der Waals surface area contributed by atoms with Crippen molar-refractivity contribution >= 4 is 11.9 Å². The van der Waals surface area contributed by atoms with Gasteiger partial charge in [-0.05, 0) is 101 Å². The number of carbonyl (C=O) groups is 2. The van der Waals surface area contributed by atoms with Gasteiger partial charge in [0.15, 0.2) is 0 Å². The van der Waals surface area contributed by atoms with Crippen LogP contribution in [-0.2, 0) is 16.6 Å². The second kappa shape index (κ2) is 11.9. The van der Waals surface area contributed by atoms with Crippen molar-refractivity contribution in [3.05, 3.63) is 113 Å². The molecule has 4 aromatic rings. The summed E-state index contributed by atoms with van der Waals surface area (Å²) in [5.41, 5.74) is 6.10. The molecule has 1 heterocycles. The van der Waals surface area contributed by atoms with Crippen LogP contribution < -0.4 is 14.2 Å². The average Bonchev–Trinajstić information content (AvgIpc) is 3.23. The van der Waals surface area contributed by atoms with Crippen LogP contribution in [0.4, 0.5) is 0 Å². The molecule has 0 atom stereocenters. The van der Waals surface area contributed by atoms with Crippen LogP contribution in [-0.4, -0.2) is 31.8 Å². The largest absolute Gasteiger partial charge is 0.493 e. The number of benzene rings is 4. The van der Waals surface area contributed by atoms with Gasteiger partial charge in [0.05, 0.1) is 36.4 Å². The van der Waals surface area contributed by atoms with E-state index in [2.05, 4.69) is 27.7 Å². The Bertz CT molecular complexity index is 1670. The molecule has 0 saturated carbocycles. The third-order valence-electron chi connectivity index (χ3n) is 8.97. The first-order valence-electron chi connectivity index (χ1n) is 15.3. The van der Waals surface area contributed by atoms with E-state index in [1.807, 2.05) is 60.7 Å². The van der Waals surface area contributed by atoms with Crippen molar-refractivity contribution in [3.8, 4) is 28.4 Å². The third-order valence-corrected chi connectivity index (χ3v) is 8.97. The Kier molecular flexibility index (Phi) is 8.04. The molecule has 6 nitrogen and oxygen atoms in total. The standard InChI is InChI=1S/C38H38O6/c1-5-7-25-8-10-26(11-9-25)35(39)43-29-16-18-31-32-19-17-30(21-34(32)37(3,4)33(31)20-29)44-36(40)27-12-14-28(15-13-27)42-24-38(6-2)22-41-23-38/h8-21H,5-7,22-24H2,1-4H3. The van der Waals surface area contributed by atoms with Crippen molar-refractivity contribution in [1.29, 1.82) is 0 Å². The van der Waals surface area contributed by atoms with Gasteiger partial charge in [0.2, 0.25) is 0 Å². The molecule has 6 heteroatoms. The van der Waals surface area contributed by atoms with E-state index in [1.165, 1.54) is 5.56 Å². The maximum Gasteiger partial charge on any atom is 0.343 e. The molecule has 6 rings (SSSR count). The SMILES string of the molecule is CCCc1ccc(C(=O)Oc2ccc3c(c2)C(C)(C)c2cc(OC(=O)c4ccc(OCC5(CC)COC5)cc4)ccc2-3)cc1. The van der Waals surface area contributed by atoms with E-state index in [0.717, 1.165) is 54.7 Å². The number of rotatable bonds is 10. The summed E-state index contributed by atoms with van der Waals surface area (Å²) in [5.74, 6) is 0.876. The molecule has 0 amide bonds. The van der Waals surface area contributed by atoms with Crippen LogP contribution in [0, 0.1) is 5.41 Å². The van der Waals surface area contributed by atoms with Crippen molar-refractivity contribution < 1.29 is 28.5 Å². The average molecular weight is 591 g/mol. The summed E-state index contributed by atoms with van der Waals surface area (Å²) in [5, 5.41) is 0. The first-order chi connectivity index (χ1) is 21.2. The Morgan fingerprint density at radius 1 is 0.705 bits per heavy atom. The third kappa shape index (κ3) is 5.74. The second-order valence-corrected chi connectivity index (χ2v) is 12.4. The van der Waals surface area contributed by atoms with Gasteiger partial charge in [-0.15, -0.1) is 0 Å². The van der Waals surface area contributed by atoms with E-state index in [1.54, 1.807) is 24.3 Å². The van der Waals surface area contributed by atoms with E-state index in [-0.39, 0.29) is 11.4 Å². The lowest BCUT2D eigenvalue weighted by Crippen LogP contribution is -2.46. The van der Waals surface area contributed by atoms with Crippen molar-refractivity contribution in [2.24, 2.45) is 5.41 Å². The van der Waals surface area contributed by atoms with Gasteiger partial charge in [0.25, 0.3) is 0 Å². The number of esters is 2. The smallest absolute Gasteiger partial charge is 0.343 e. The lowest BCUT2D eigenvalue weighted by Gasteiger charge is -2.40. The Balaban J connectivity index is 1.13. The first-order valence-corrected chi connectivity index (χ1v) is 15.3. The minimum absolute atomic E-state index is 0.0886. The van der Waals surface area contributed by atoms with Crippen LogP contribution in [0.3, 0.4) is 0 Å². The molecular weight excluding hydrogens is 552 g/mol. The molecule has 1 aliphatic carbocycles. The summed E-state index contributed by atoms with van der Waals surface area (Å²) < 4.78 is 22.9. The highest BCUT2D eigenvalue weighted by Gasteiger charge is 2.38. The Hall–Kier alpha value is -4.42. The van der Waals surface area contributed by atoms with Crippen LogP contribution in [0.15, 0.2) is 84.9 Å². The highest BCUT2D eigenvalue weighted by Crippen LogP contribution is 2.50. The van der Waals surface area contributed by atoms with Gasteiger partial charge in [0, 0.05) is 5.41 Å². The summed E-state index contributed by atoms with van der Waals surface area (Å²) in [6.45, 7) is 10.6. The quantitative estimate of drug-likeness (QED) is 0.137. The van der Waals surface area contributed by atoms with E-state index in [9.17, 15) is 9.59 Å². The van der Waals surface area contributed by atoms with Crippen molar-refractivity contribution in [2.75, 3.05) is 19.8 Å². The van der Waals surface area contributed by atoms with Gasteiger partial charge in [-0.25, -0.2) is 9.59 Å². The minimum Gasteiger partial charge on any atom is -0.493 e. The summed E-state index contributed by atoms with van der Waals surface area (Å²) in [6, 6.07) is 26.1. The van der Waals surface area contributed by atoms with Crippen LogP contribution >= 0.6 is 0 Å². The molecule has 1 fully saturated rings. The molecule has 226 valence electrons. The fraction of sp³-hybridized carbons (Fsp3) is 0.316. The molecule has 0 spiro atoms. The molecule has 0 aromatic heterocycles. The van der Waals surface area contributed by atoms with Gasteiger partial charge in [0.1, 0.15) is 17.2 Å². The Morgan fingerprint density at radius 2 is 1.20 bits per heavy atom.